The number of hydrogen-bond donors (Lipinski definition) is 2. The molecule has 0 unspecified atom stereocenters. The zero-order chi connectivity index (χ0) is 23.5. The van der Waals surface area contributed by atoms with E-state index in [1.54, 1.807) is 13.8 Å². The molecule has 9 nitrogen and oxygen atoms in total. The van der Waals surface area contributed by atoms with Crippen molar-refractivity contribution in [2.24, 2.45) is 0 Å². The molecular weight excluding hydrogens is 431 g/mol. The van der Waals surface area contributed by atoms with Gasteiger partial charge in [0.2, 0.25) is 5.91 Å². The maximum atomic E-state index is 12.8. The summed E-state index contributed by atoms with van der Waals surface area (Å²) in [6, 6.07) is 5.84. The number of benzene rings is 1. The lowest BCUT2D eigenvalue weighted by atomic mass is 10.2. The van der Waals surface area contributed by atoms with Crippen LogP contribution in [-0.4, -0.2) is 36.5 Å². The molecular formula is C20H20F3N5O4. The monoisotopic (exact) mass is 451 g/mol. The quantitative estimate of drug-likeness (QED) is 0.543. The normalized spacial score (nSPS) is 11.4. The first-order valence-corrected chi connectivity index (χ1v) is 9.45. The molecule has 3 rings (SSSR count). The summed E-state index contributed by atoms with van der Waals surface area (Å²) in [7, 11) is 0. The van der Waals surface area contributed by atoms with Crippen LogP contribution in [0.3, 0.4) is 0 Å². The lowest BCUT2D eigenvalue weighted by molar-refractivity contribution is -0.137. The van der Waals surface area contributed by atoms with E-state index >= 15 is 0 Å². The van der Waals surface area contributed by atoms with Crippen LogP contribution in [0.5, 0.6) is 5.75 Å². The molecule has 0 spiro atoms. The second kappa shape index (κ2) is 9.12. The second-order valence-electron chi connectivity index (χ2n) is 6.89. The largest absolute Gasteiger partial charge is 0.477 e. The van der Waals surface area contributed by atoms with Gasteiger partial charge in [-0.3, -0.25) is 9.48 Å². The first-order chi connectivity index (χ1) is 15.1. The molecule has 0 radical (unpaired) electrons. The van der Waals surface area contributed by atoms with Gasteiger partial charge in [0.25, 0.3) is 0 Å². The summed E-state index contributed by atoms with van der Waals surface area (Å²) in [6.45, 7) is 3.27. The number of aromatic carboxylic acids is 1. The van der Waals surface area contributed by atoms with Crippen LogP contribution >= 0.6 is 0 Å². The van der Waals surface area contributed by atoms with Crippen molar-refractivity contribution in [3.63, 3.8) is 0 Å². The van der Waals surface area contributed by atoms with Crippen LogP contribution in [0.4, 0.5) is 18.9 Å². The van der Waals surface area contributed by atoms with E-state index in [1.807, 2.05) is 0 Å². The average molecular weight is 451 g/mol. The molecule has 170 valence electrons. The first-order valence-electron chi connectivity index (χ1n) is 9.45. The molecule has 0 saturated heterocycles. The van der Waals surface area contributed by atoms with E-state index in [4.69, 9.17) is 9.84 Å². The lowest BCUT2D eigenvalue weighted by Gasteiger charge is -2.11. The summed E-state index contributed by atoms with van der Waals surface area (Å²) >= 11 is 0. The predicted molar refractivity (Wildman–Crippen MR) is 106 cm³/mol. The Morgan fingerprint density at radius 3 is 2.62 bits per heavy atom. The van der Waals surface area contributed by atoms with Gasteiger partial charge < -0.3 is 15.2 Å². The van der Waals surface area contributed by atoms with Crippen molar-refractivity contribution in [3.05, 3.63) is 59.2 Å². The van der Waals surface area contributed by atoms with Crippen molar-refractivity contribution in [1.29, 1.82) is 0 Å². The Morgan fingerprint density at radius 1 is 1.19 bits per heavy atom. The lowest BCUT2D eigenvalue weighted by Crippen LogP contribution is -2.18. The average Bonchev–Trinajstić information content (AvgIpc) is 3.30. The van der Waals surface area contributed by atoms with Gasteiger partial charge in [-0.25, -0.2) is 9.48 Å². The van der Waals surface area contributed by atoms with Gasteiger partial charge in [-0.15, -0.1) is 0 Å². The Balaban J connectivity index is 1.62. The number of nitrogens with zero attached hydrogens (tertiary/aromatic N) is 4. The molecule has 1 amide bonds. The molecule has 0 fully saturated rings. The molecule has 12 heteroatoms. The maximum absolute atomic E-state index is 12.8. The predicted octanol–water partition coefficient (Wildman–Crippen LogP) is 3.48. The number of aromatic nitrogens is 4. The molecule has 0 aliphatic heterocycles. The number of ether oxygens (including phenoxy) is 1. The summed E-state index contributed by atoms with van der Waals surface area (Å²) in [5.41, 5.74) is 0.646. The molecule has 0 saturated carbocycles. The summed E-state index contributed by atoms with van der Waals surface area (Å²) in [4.78, 5) is 23.4. The van der Waals surface area contributed by atoms with Crippen LogP contribution in [-0.2, 0) is 24.2 Å². The van der Waals surface area contributed by atoms with Gasteiger partial charge in [0.05, 0.1) is 29.2 Å². The second-order valence-corrected chi connectivity index (χ2v) is 6.89. The molecule has 0 aliphatic rings. The Labute approximate surface area is 180 Å². The van der Waals surface area contributed by atoms with E-state index < -0.39 is 17.7 Å². The number of anilines is 1. The highest BCUT2D eigenvalue weighted by molar-refractivity contribution is 5.92. The third-order valence-corrected chi connectivity index (χ3v) is 4.65. The van der Waals surface area contributed by atoms with E-state index in [0.29, 0.717) is 17.1 Å². The van der Waals surface area contributed by atoms with E-state index in [0.717, 1.165) is 12.1 Å². The molecule has 2 N–H and O–H groups in total. The minimum Gasteiger partial charge on any atom is -0.477 e. The van der Waals surface area contributed by atoms with Gasteiger partial charge in [0, 0.05) is 12.6 Å². The number of carboxylic acids is 1. The molecule has 0 atom stereocenters. The number of rotatable bonds is 8. The van der Waals surface area contributed by atoms with Gasteiger partial charge in [-0.1, -0.05) is 6.07 Å². The fraction of sp³-hybridized carbons (Fsp3) is 0.300. The number of amides is 1. The number of halogens is 3. The van der Waals surface area contributed by atoms with E-state index in [-0.39, 0.29) is 37.0 Å². The number of aryl methyl sites for hydroxylation is 2. The number of hydrogen-bond acceptors (Lipinski definition) is 5. The molecule has 3 aromatic rings. The minimum absolute atomic E-state index is 0.0211. The number of carbonyl (C=O) groups excluding carboxylic acids is 1. The number of nitrogens with one attached hydrogen (secondary N) is 1. The van der Waals surface area contributed by atoms with Gasteiger partial charge in [0.15, 0.2) is 6.73 Å². The van der Waals surface area contributed by atoms with Crippen molar-refractivity contribution >= 4 is 17.6 Å². The molecule has 0 bridgehead atoms. The van der Waals surface area contributed by atoms with E-state index in [1.165, 1.54) is 33.8 Å². The van der Waals surface area contributed by atoms with Gasteiger partial charge in [-0.2, -0.15) is 23.4 Å². The van der Waals surface area contributed by atoms with Crippen LogP contribution in [0, 0.1) is 13.8 Å². The molecule has 32 heavy (non-hydrogen) atoms. The van der Waals surface area contributed by atoms with E-state index in [9.17, 15) is 22.8 Å². The SMILES string of the molecule is Cc1nn(COc2cccc(C(F)(F)F)c2)c(C)c1NC(=O)CCn1nccc1C(=O)O. The summed E-state index contributed by atoms with van der Waals surface area (Å²) in [5, 5.41) is 19.9. The zero-order valence-corrected chi connectivity index (χ0v) is 17.2. The Bertz CT molecular complexity index is 1140. The van der Waals surface area contributed by atoms with Crippen LogP contribution in [0.15, 0.2) is 36.5 Å². The third-order valence-electron chi connectivity index (χ3n) is 4.65. The maximum Gasteiger partial charge on any atom is 0.416 e. The van der Waals surface area contributed by atoms with Crippen LogP contribution in [0.25, 0.3) is 0 Å². The van der Waals surface area contributed by atoms with Crippen LogP contribution in [0.2, 0.25) is 0 Å². The zero-order valence-electron chi connectivity index (χ0n) is 17.2. The fourth-order valence-corrected chi connectivity index (χ4v) is 3.00. The Hall–Kier alpha value is -3.83. The number of alkyl halides is 3. The summed E-state index contributed by atoms with van der Waals surface area (Å²) in [6.07, 6.45) is -3.16. The first kappa shape index (κ1) is 22.8. The standard InChI is InChI=1S/C20H20F3N5O4/c1-12-18(25-17(29)7-9-27-16(19(30)31)6-8-24-27)13(2)28(26-12)11-32-15-5-3-4-14(10-15)20(21,22)23/h3-6,8,10H,7,9,11H2,1-2H3,(H,25,29)(H,30,31). The highest BCUT2D eigenvalue weighted by Crippen LogP contribution is 2.31. The van der Waals surface area contributed by atoms with Gasteiger partial charge in [0.1, 0.15) is 11.4 Å². The number of carbonyl (C=O) groups is 2. The smallest absolute Gasteiger partial charge is 0.416 e. The van der Waals surface area contributed by atoms with Crippen molar-refractivity contribution in [2.45, 2.75) is 39.7 Å². The van der Waals surface area contributed by atoms with Crippen molar-refractivity contribution < 1.29 is 32.6 Å². The molecule has 0 aliphatic carbocycles. The minimum atomic E-state index is -4.48. The van der Waals surface area contributed by atoms with Gasteiger partial charge in [-0.05, 0) is 38.1 Å². The van der Waals surface area contributed by atoms with Crippen molar-refractivity contribution in [1.82, 2.24) is 19.6 Å². The van der Waals surface area contributed by atoms with Crippen LogP contribution < -0.4 is 10.1 Å². The van der Waals surface area contributed by atoms with Crippen molar-refractivity contribution in [2.75, 3.05) is 5.32 Å². The molecule has 1 aromatic carbocycles. The summed E-state index contributed by atoms with van der Waals surface area (Å²) in [5.74, 6) is -1.48. The highest BCUT2D eigenvalue weighted by atomic mass is 19.4. The van der Waals surface area contributed by atoms with E-state index in [2.05, 4.69) is 15.5 Å². The topological polar surface area (TPSA) is 111 Å². The van der Waals surface area contributed by atoms with Crippen molar-refractivity contribution in [3.8, 4) is 5.75 Å². The summed E-state index contributed by atoms with van der Waals surface area (Å²) < 4.78 is 46.6. The molecule has 2 heterocycles. The highest BCUT2D eigenvalue weighted by Gasteiger charge is 2.30. The van der Waals surface area contributed by atoms with Crippen LogP contribution in [0.1, 0.15) is 33.9 Å². The fourth-order valence-electron chi connectivity index (χ4n) is 3.00. The molecule has 2 aromatic heterocycles. The number of carboxylic acid groups (broad SMARTS) is 1. The van der Waals surface area contributed by atoms with Gasteiger partial charge >= 0.3 is 12.1 Å². The third kappa shape index (κ3) is 5.25. The Morgan fingerprint density at radius 2 is 1.94 bits per heavy atom. The Kier molecular flexibility index (Phi) is 6.51.